The third-order valence-electron chi connectivity index (χ3n) is 5.57. The summed E-state index contributed by atoms with van der Waals surface area (Å²) in [6.07, 6.45) is 1.41. The molecule has 1 aliphatic heterocycles. The maximum Gasteiger partial charge on any atom is 0.294 e. The first-order valence-electron chi connectivity index (χ1n) is 11.0. The van der Waals surface area contributed by atoms with Gasteiger partial charge in [-0.15, -0.1) is 0 Å². The number of nitrogens with one attached hydrogen (secondary N) is 1. The van der Waals surface area contributed by atoms with Gasteiger partial charge in [0, 0.05) is 21.7 Å². The van der Waals surface area contributed by atoms with Crippen LogP contribution in [0.5, 0.6) is 0 Å². The summed E-state index contributed by atoms with van der Waals surface area (Å²) >= 11 is 7.80. The van der Waals surface area contributed by atoms with E-state index in [-0.39, 0.29) is 10.6 Å². The van der Waals surface area contributed by atoms with Gasteiger partial charge in [-0.3, -0.25) is 29.4 Å². The Hall–Kier alpha value is -3.60. The molecule has 0 bridgehead atoms. The van der Waals surface area contributed by atoms with Crippen molar-refractivity contribution in [3.63, 3.8) is 0 Å². The average molecular weight is 554 g/mol. The normalized spacial score (nSPS) is 14.4. The Kier molecular flexibility index (Phi) is 8.01. The smallest absolute Gasteiger partial charge is 0.294 e. The SMILES string of the molecule is Cc1cccc(NC(=O)CN2C(=O)S/C(=C\c3ccc(Sc4ccc(Cl)cc4)c([N+](=O)[O-])c3)C2=O)c1C. The molecule has 0 atom stereocenters. The molecular weight excluding hydrogens is 534 g/mol. The fourth-order valence-corrected chi connectivity index (χ4v) is 5.35. The number of imide groups is 1. The van der Waals surface area contributed by atoms with Crippen LogP contribution in [0.25, 0.3) is 6.08 Å². The lowest BCUT2D eigenvalue weighted by Gasteiger charge is -2.14. The van der Waals surface area contributed by atoms with E-state index in [1.54, 1.807) is 48.5 Å². The van der Waals surface area contributed by atoms with Crippen molar-refractivity contribution in [2.24, 2.45) is 0 Å². The van der Waals surface area contributed by atoms with Crippen LogP contribution >= 0.6 is 35.1 Å². The number of carbonyl (C=O) groups excluding carboxylic acids is 3. The van der Waals surface area contributed by atoms with E-state index in [0.717, 1.165) is 20.9 Å². The third kappa shape index (κ3) is 6.22. The highest BCUT2D eigenvalue weighted by molar-refractivity contribution is 8.18. The van der Waals surface area contributed by atoms with Gasteiger partial charge in [0.25, 0.3) is 16.8 Å². The average Bonchev–Trinajstić information content (AvgIpc) is 3.11. The molecule has 37 heavy (non-hydrogen) atoms. The monoisotopic (exact) mass is 553 g/mol. The van der Waals surface area contributed by atoms with Crippen molar-refractivity contribution in [1.82, 2.24) is 4.90 Å². The number of amides is 3. The lowest BCUT2D eigenvalue weighted by atomic mass is 10.1. The van der Waals surface area contributed by atoms with Crippen molar-refractivity contribution in [3.05, 3.63) is 97.4 Å². The van der Waals surface area contributed by atoms with Gasteiger partial charge in [-0.1, -0.05) is 41.6 Å². The van der Waals surface area contributed by atoms with Gasteiger partial charge in [-0.2, -0.15) is 0 Å². The Bertz CT molecular complexity index is 1460. The van der Waals surface area contributed by atoms with Crippen LogP contribution in [0.4, 0.5) is 16.2 Å². The molecular formula is C26H20ClN3O5S2. The molecule has 3 aromatic rings. The zero-order valence-corrected chi connectivity index (χ0v) is 22.1. The third-order valence-corrected chi connectivity index (χ3v) is 7.81. The molecule has 3 amide bonds. The Balaban J connectivity index is 1.50. The van der Waals surface area contributed by atoms with Gasteiger partial charge >= 0.3 is 0 Å². The number of halogens is 1. The van der Waals surface area contributed by atoms with Crippen molar-refractivity contribution in [1.29, 1.82) is 0 Å². The molecule has 0 radical (unpaired) electrons. The molecule has 1 aliphatic rings. The molecule has 1 heterocycles. The van der Waals surface area contributed by atoms with Crippen LogP contribution in [0.1, 0.15) is 16.7 Å². The van der Waals surface area contributed by atoms with Crippen LogP contribution < -0.4 is 5.32 Å². The fourth-order valence-electron chi connectivity index (χ4n) is 3.49. The minimum atomic E-state index is -0.631. The van der Waals surface area contributed by atoms with Gasteiger partial charge < -0.3 is 5.32 Å². The largest absolute Gasteiger partial charge is 0.324 e. The van der Waals surface area contributed by atoms with Gasteiger partial charge in [-0.25, -0.2) is 0 Å². The van der Waals surface area contributed by atoms with E-state index in [2.05, 4.69) is 5.32 Å². The topological polar surface area (TPSA) is 110 Å². The molecule has 1 saturated heterocycles. The van der Waals surface area contributed by atoms with E-state index in [9.17, 15) is 24.5 Å². The molecule has 0 aliphatic carbocycles. The van der Waals surface area contributed by atoms with Crippen LogP contribution in [0.3, 0.4) is 0 Å². The number of nitro groups is 1. The number of benzene rings is 3. The number of anilines is 1. The molecule has 0 aromatic heterocycles. The Morgan fingerprint density at radius 1 is 1.14 bits per heavy atom. The molecule has 4 rings (SSSR count). The van der Waals surface area contributed by atoms with Gasteiger partial charge in [-0.05, 0) is 84.8 Å². The summed E-state index contributed by atoms with van der Waals surface area (Å²) in [5.74, 6) is -1.13. The van der Waals surface area contributed by atoms with Crippen LogP contribution in [0.15, 0.2) is 75.4 Å². The highest BCUT2D eigenvalue weighted by atomic mass is 35.5. The number of aryl methyl sites for hydroxylation is 1. The second-order valence-electron chi connectivity index (χ2n) is 8.10. The van der Waals surface area contributed by atoms with E-state index < -0.39 is 28.5 Å². The Morgan fingerprint density at radius 2 is 1.86 bits per heavy atom. The fraction of sp³-hybridized carbons (Fsp3) is 0.115. The minimum absolute atomic E-state index is 0.0805. The minimum Gasteiger partial charge on any atom is -0.324 e. The molecule has 8 nitrogen and oxygen atoms in total. The Labute approximate surface area is 226 Å². The standard InChI is InChI=1S/C26H20ClN3O5S2/c1-15-4-3-5-20(16(15)2)28-24(31)14-29-25(32)23(37-26(29)33)13-17-6-11-22(21(12-17)30(34)35)36-19-9-7-18(27)8-10-19/h3-13H,14H2,1-2H3,(H,28,31)/b23-13-. The zero-order chi connectivity index (χ0) is 26.7. The van der Waals surface area contributed by atoms with Crippen molar-refractivity contribution in [2.45, 2.75) is 23.6 Å². The van der Waals surface area contributed by atoms with Gasteiger partial charge in [0.2, 0.25) is 5.91 Å². The number of hydrogen-bond acceptors (Lipinski definition) is 7. The number of nitro benzene ring substituents is 1. The van der Waals surface area contributed by atoms with Crippen molar-refractivity contribution < 1.29 is 19.3 Å². The van der Waals surface area contributed by atoms with Gasteiger partial charge in [0.05, 0.1) is 14.7 Å². The second kappa shape index (κ2) is 11.2. The van der Waals surface area contributed by atoms with Crippen molar-refractivity contribution >= 4 is 69.6 Å². The predicted octanol–water partition coefficient (Wildman–Crippen LogP) is 6.69. The van der Waals surface area contributed by atoms with Crippen LogP contribution in [-0.2, 0) is 9.59 Å². The molecule has 1 N–H and O–H groups in total. The first-order chi connectivity index (χ1) is 17.6. The summed E-state index contributed by atoms with van der Waals surface area (Å²) in [5, 5.41) is 14.4. The van der Waals surface area contributed by atoms with Crippen LogP contribution in [0, 0.1) is 24.0 Å². The molecule has 3 aromatic carbocycles. The van der Waals surface area contributed by atoms with E-state index >= 15 is 0 Å². The number of nitrogens with zero attached hydrogens (tertiary/aromatic N) is 2. The molecule has 11 heteroatoms. The summed E-state index contributed by atoms with van der Waals surface area (Å²) in [6.45, 7) is 3.35. The molecule has 188 valence electrons. The van der Waals surface area contributed by atoms with E-state index in [4.69, 9.17) is 11.6 Å². The first-order valence-corrected chi connectivity index (χ1v) is 13.0. The molecule has 0 spiro atoms. The maximum absolute atomic E-state index is 12.9. The summed E-state index contributed by atoms with van der Waals surface area (Å²) in [4.78, 5) is 51.2. The predicted molar refractivity (Wildman–Crippen MR) is 146 cm³/mol. The number of thioether (sulfide) groups is 1. The summed E-state index contributed by atoms with van der Waals surface area (Å²) in [7, 11) is 0. The van der Waals surface area contributed by atoms with Crippen molar-refractivity contribution in [2.75, 3.05) is 11.9 Å². The summed E-state index contributed by atoms with van der Waals surface area (Å²) < 4.78 is 0. The van der Waals surface area contributed by atoms with E-state index in [1.807, 2.05) is 19.9 Å². The maximum atomic E-state index is 12.9. The molecule has 0 saturated carbocycles. The van der Waals surface area contributed by atoms with Gasteiger partial charge in [0.1, 0.15) is 6.54 Å². The lowest BCUT2D eigenvalue weighted by molar-refractivity contribution is -0.387. The van der Waals surface area contributed by atoms with Crippen LogP contribution in [0.2, 0.25) is 5.02 Å². The molecule has 0 unspecified atom stereocenters. The van der Waals surface area contributed by atoms with E-state index in [1.165, 1.54) is 23.9 Å². The highest BCUT2D eigenvalue weighted by Crippen LogP contribution is 2.37. The summed E-state index contributed by atoms with van der Waals surface area (Å²) in [5.41, 5.74) is 2.75. The first kappa shape index (κ1) is 26.5. The van der Waals surface area contributed by atoms with Gasteiger partial charge in [0.15, 0.2) is 0 Å². The quantitative estimate of drug-likeness (QED) is 0.197. The lowest BCUT2D eigenvalue weighted by Crippen LogP contribution is -2.36. The van der Waals surface area contributed by atoms with Crippen molar-refractivity contribution in [3.8, 4) is 0 Å². The summed E-state index contributed by atoms with van der Waals surface area (Å²) in [6, 6.07) is 16.9. The second-order valence-corrected chi connectivity index (χ2v) is 10.6. The zero-order valence-electron chi connectivity index (χ0n) is 19.7. The molecule has 1 fully saturated rings. The van der Waals surface area contributed by atoms with E-state index in [0.29, 0.717) is 32.9 Å². The Morgan fingerprint density at radius 3 is 2.57 bits per heavy atom. The number of hydrogen-bond donors (Lipinski definition) is 1. The number of carbonyl (C=O) groups is 3. The van der Waals surface area contributed by atoms with Crippen LogP contribution in [-0.4, -0.2) is 33.4 Å². The number of rotatable bonds is 7. The highest BCUT2D eigenvalue weighted by Gasteiger charge is 2.36.